The molecule has 116 valence electrons. The van der Waals surface area contributed by atoms with E-state index in [1.54, 1.807) is 11.3 Å². The van der Waals surface area contributed by atoms with E-state index < -0.39 is 0 Å². The highest BCUT2D eigenvalue weighted by Gasteiger charge is 2.13. The molecule has 1 N–H and O–H groups in total. The summed E-state index contributed by atoms with van der Waals surface area (Å²) in [4.78, 5) is 15.8. The van der Waals surface area contributed by atoms with Crippen LogP contribution in [0.2, 0.25) is 0 Å². The van der Waals surface area contributed by atoms with Gasteiger partial charge in [0.15, 0.2) is 0 Å². The summed E-state index contributed by atoms with van der Waals surface area (Å²) in [5, 5.41) is 4.68. The van der Waals surface area contributed by atoms with Crippen molar-refractivity contribution in [3.8, 4) is 0 Å². The van der Waals surface area contributed by atoms with Crippen LogP contribution in [0.25, 0.3) is 10.2 Å². The van der Waals surface area contributed by atoms with Crippen molar-refractivity contribution in [2.75, 3.05) is 11.9 Å². The molecule has 0 saturated carbocycles. The molecule has 6 heteroatoms. The molecule has 0 aliphatic heterocycles. The van der Waals surface area contributed by atoms with Crippen LogP contribution in [0.15, 0.2) is 18.7 Å². The molecular formula is C16H21N5S. The van der Waals surface area contributed by atoms with Gasteiger partial charge in [0.1, 0.15) is 16.5 Å². The first-order valence-electron chi connectivity index (χ1n) is 7.65. The molecule has 0 atom stereocenters. The van der Waals surface area contributed by atoms with Crippen LogP contribution in [0, 0.1) is 13.8 Å². The number of thiophene rings is 1. The highest BCUT2D eigenvalue weighted by atomic mass is 32.1. The third-order valence-corrected chi connectivity index (χ3v) is 4.94. The first kappa shape index (κ1) is 15.0. The van der Waals surface area contributed by atoms with Crippen LogP contribution in [-0.2, 0) is 13.0 Å². The lowest BCUT2D eigenvalue weighted by Crippen LogP contribution is -2.09. The zero-order valence-electron chi connectivity index (χ0n) is 13.3. The molecule has 5 nitrogen and oxygen atoms in total. The number of aryl methyl sites for hydroxylation is 4. The molecule has 0 aliphatic carbocycles. The Morgan fingerprint density at radius 3 is 2.86 bits per heavy atom. The number of fused-ring (bicyclic) bond motifs is 1. The third-order valence-electron chi connectivity index (χ3n) is 3.84. The lowest BCUT2D eigenvalue weighted by Gasteiger charge is -2.09. The van der Waals surface area contributed by atoms with Crippen molar-refractivity contribution in [1.82, 2.24) is 19.5 Å². The monoisotopic (exact) mass is 315 g/mol. The van der Waals surface area contributed by atoms with Crippen molar-refractivity contribution in [2.24, 2.45) is 0 Å². The molecule has 3 heterocycles. The first-order valence-corrected chi connectivity index (χ1v) is 8.47. The number of aromatic nitrogens is 4. The number of nitrogens with zero attached hydrogens (tertiary/aromatic N) is 4. The fraction of sp³-hybridized carbons (Fsp3) is 0.438. The standard InChI is InChI=1S/C16H21N5S/c1-4-13-19-15(14-11(2)12(3)22-16(14)20-13)18-6-5-8-21-9-7-17-10-21/h7,9-10H,4-6,8H2,1-3H3,(H,18,19,20). The van der Waals surface area contributed by atoms with E-state index in [2.05, 4.69) is 40.6 Å². The van der Waals surface area contributed by atoms with Crippen LogP contribution in [0.4, 0.5) is 5.82 Å². The maximum Gasteiger partial charge on any atom is 0.138 e. The van der Waals surface area contributed by atoms with Crippen molar-refractivity contribution in [2.45, 2.75) is 40.2 Å². The van der Waals surface area contributed by atoms with Crippen molar-refractivity contribution in [1.29, 1.82) is 0 Å². The summed E-state index contributed by atoms with van der Waals surface area (Å²) in [6, 6.07) is 0. The predicted octanol–water partition coefficient (Wildman–Crippen LogP) is 3.57. The van der Waals surface area contributed by atoms with Gasteiger partial charge in [-0.15, -0.1) is 11.3 Å². The highest BCUT2D eigenvalue weighted by molar-refractivity contribution is 7.18. The summed E-state index contributed by atoms with van der Waals surface area (Å²) in [7, 11) is 0. The van der Waals surface area contributed by atoms with Gasteiger partial charge < -0.3 is 9.88 Å². The molecule has 0 unspecified atom stereocenters. The summed E-state index contributed by atoms with van der Waals surface area (Å²) in [5.74, 6) is 1.89. The minimum atomic E-state index is 0.857. The number of hydrogen-bond donors (Lipinski definition) is 1. The number of imidazole rings is 1. The molecule has 3 aromatic heterocycles. The SMILES string of the molecule is CCc1nc(NCCCn2ccnc2)c2c(C)c(C)sc2n1. The van der Waals surface area contributed by atoms with Crippen molar-refractivity contribution in [3.63, 3.8) is 0 Å². The summed E-state index contributed by atoms with van der Waals surface area (Å²) < 4.78 is 2.09. The molecule has 0 radical (unpaired) electrons. The highest BCUT2D eigenvalue weighted by Crippen LogP contribution is 2.33. The van der Waals surface area contributed by atoms with Gasteiger partial charge in [0.05, 0.1) is 11.7 Å². The molecule has 0 bridgehead atoms. The molecular weight excluding hydrogens is 294 g/mol. The Labute approximate surface area is 134 Å². The van der Waals surface area contributed by atoms with Crippen LogP contribution >= 0.6 is 11.3 Å². The maximum atomic E-state index is 4.69. The smallest absolute Gasteiger partial charge is 0.138 e. The average molecular weight is 315 g/mol. The van der Waals surface area contributed by atoms with Crippen LogP contribution in [0.1, 0.15) is 29.6 Å². The molecule has 0 fully saturated rings. The van der Waals surface area contributed by atoms with E-state index in [0.717, 1.165) is 42.4 Å². The Kier molecular flexibility index (Phi) is 4.38. The maximum absolute atomic E-state index is 4.69. The van der Waals surface area contributed by atoms with E-state index in [0.29, 0.717) is 0 Å². The summed E-state index contributed by atoms with van der Waals surface area (Å²) in [5.41, 5.74) is 1.29. The molecule has 3 aromatic rings. The van der Waals surface area contributed by atoms with Gasteiger partial charge in [0.2, 0.25) is 0 Å². The van der Waals surface area contributed by atoms with Crippen molar-refractivity contribution >= 4 is 27.4 Å². The van der Waals surface area contributed by atoms with Gasteiger partial charge in [-0.05, 0) is 25.8 Å². The van der Waals surface area contributed by atoms with Crippen LogP contribution in [-0.4, -0.2) is 26.1 Å². The minimum absolute atomic E-state index is 0.857. The predicted molar refractivity (Wildman–Crippen MR) is 91.6 cm³/mol. The molecule has 0 aromatic carbocycles. The van der Waals surface area contributed by atoms with Crippen LogP contribution in [0.5, 0.6) is 0 Å². The third kappa shape index (κ3) is 2.97. The Balaban J connectivity index is 1.76. The van der Waals surface area contributed by atoms with Gasteiger partial charge in [-0.1, -0.05) is 6.92 Å². The van der Waals surface area contributed by atoms with Crippen molar-refractivity contribution in [3.05, 3.63) is 35.0 Å². The number of rotatable bonds is 6. The minimum Gasteiger partial charge on any atom is -0.369 e. The zero-order chi connectivity index (χ0) is 15.5. The Hall–Kier alpha value is -1.95. The van der Waals surface area contributed by atoms with Crippen molar-refractivity contribution < 1.29 is 0 Å². The number of anilines is 1. The summed E-state index contributed by atoms with van der Waals surface area (Å²) in [6.45, 7) is 8.25. The van der Waals surface area contributed by atoms with Gasteiger partial charge in [0, 0.05) is 36.8 Å². The summed E-state index contributed by atoms with van der Waals surface area (Å²) >= 11 is 1.76. The largest absolute Gasteiger partial charge is 0.369 e. The van der Waals surface area contributed by atoms with E-state index in [4.69, 9.17) is 4.98 Å². The molecule has 3 rings (SSSR count). The topological polar surface area (TPSA) is 55.6 Å². The van der Waals surface area contributed by atoms with E-state index in [9.17, 15) is 0 Å². The van der Waals surface area contributed by atoms with E-state index in [-0.39, 0.29) is 0 Å². The zero-order valence-corrected chi connectivity index (χ0v) is 14.1. The normalized spacial score (nSPS) is 11.2. The Bertz CT molecular complexity index is 761. The first-order chi connectivity index (χ1) is 10.7. The average Bonchev–Trinajstić information content (AvgIpc) is 3.12. The van der Waals surface area contributed by atoms with E-state index >= 15 is 0 Å². The van der Waals surface area contributed by atoms with Gasteiger partial charge in [-0.2, -0.15) is 0 Å². The quantitative estimate of drug-likeness (QED) is 0.707. The molecule has 0 amide bonds. The van der Waals surface area contributed by atoms with E-state index in [1.807, 2.05) is 18.7 Å². The second-order valence-electron chi connectivity index (χ2n) is 5.39. The molecule has 0 aliphatic rings. The summed E-state index contributed by atoms with van der Waals surface area (Å²) in [6.07, 6.45) is 7.54. The molecule has 22 heavy (non-hydrogen) atoms. The molecule has 0 saturated heterocycles. The lowest BCUT2D eigenvalue weighted by atomic mass is 10.2. The Morgan fingerprint density at radius 2 is 2.14 bits per heavy atom. The fourth-order valence-electron chi connectivity index (χ4n) is 2.47. The number of nitrogens with one attached hydrogen (secondary N) is 1. The van der Waals surface area contributed by atoms with E-state index in [1.165, 1.54) is 15.8 Å². The fourth-order valence-corrected chi connectivity index (χ4v) is 3.52. The van der Waals surface area contributed by atoms with Crippen LogP contribution < -0.4 is 5.32 Å². The second-order valence-corrected chi connectivity index (χ2v) is 6.59. The van der Waals surface area contributed by atoms with Gasteiger partial charge >= 0.3 is 0 Å². The second kappa shape index (κ2) is 6.44. The van der Waals surface area contributed by atoms with Gasteiger partial charge in [-0.3, -0.25) is 0 Å². The van der Waals surface area contributed by atoms with Crippen LogP contribution in [0.3, 0.4) is 0 Å². The lowest BCUT2D eigenvalue weighted by molar-refractivity contribution is 0.660. The molecule has 0 spiro atoms. The Morgan fingerprint density at radius 1 is 1.27 bits per heavy atom. The number of hydrogen-bond acceptors (Lipinski definition) is 5. The van der Waals surface area contributed by atoms with Gasteiger partial charge in [0.25, 0.3) is 0 Å². The van der Waals surface area contributed by atoms with Gasteiger partial charge in [-0.25, -0.2) is 15.0 Å².